The summed E-state index contributed by atoms with van der Waals surface area (Å²) in [6.07, 6.45) is 0. The summed E-state index contributed by atoms with van der Waals surface area (Å²) < 4.78 is 18.0. The van der Waals surface area contributed by atoms with E-state index in [1.807, 2.05) is 0 Å². The minimum Gasteiger partial charge on any atom is -0.490 e. The average molecular weight is 188 g/mol. The van der Waals surface area contributed by atoms with Crippen molar-refractivity contribution in [1.29, 1.82) is 0 Å². The van der Waals surface area contributed by atoms with Gasteiger partial charge in [-0.15, -0.1) is 0 Å². The Labute approximate surface area is 74.1 Å². The molecule has 0 saturated heterocycles. The fourth-order valence-electron chi connectivity index (χ4n) is 1.27. The molecule has 1 atom stereocenters. The highest BCUT2D eigenvalue weighted by molar-refractivity contribution is 6.32. The molecule has 1 aromatic carbocycles. The van der Waals surface area contributed by atoms with Gasteiger partial charge in [-0.2, -0.15) is 0 Å². The molecule has 1 aromatic rings. The van der Waals surface area contributed by atoms with E-state index in [0.29, 0.717) is 17.9 Å². The van der Waals surface area contributed by atoms with Gasteiger partial charge in [0.25, 0.3) is 0 Å². The largest absolute Gasteiger partial charge is 0.490 e. The molecule has 0 saturated carbocycles. The first-order valence-corrected chi connectivity index (χ1v) is 3.93. The molecule has 0 aromatic heterocycles. The fourth-order valence-corrected chi connectivity index (χ4v) is 1.54. The highest BCUT2D eigenvalue weighted by atomic mass is 35.5. The molecule has 0 amide bonds. The number of ether oxygens (including phenoxy) is 1. The molecule has 0 aliphatic carbocycles. The quantitative estimate of drug-likeness (QED) is 0.673. The number of benzene rings is 1. The van der Waals surface area contributed by atoms with Crippen LogP contribution in [0.15, 0.2) is 12.1 Å². The lowest BCUT2D eigenvalue weighted by molar-refractivity contribution is 0.333. The van der Waals surface area contributed by atoms with Gasteiger partial charge in [0.1, 0.15) is 18.2 Å². The number of hydrogen-bond acceptors (Lipinski definition) is 2. The van der Waals surface area contributed by atoms with Crippen LogP contribution in [0, 0.1) is 5.82 Å². The Kier molecular flexibility index (Phi) is 1.70. The molecule has 1 heterocycles. The van der Waals surface area contributed by atoms with Crippen molar-refractivity contribution in [3.05, 3.63) is 28.5 Å². The average Bonchev–Trinajstić information content (AvgIpc) is 2.33. The van der Waals surface area contributed by atoms with Crippen molar-refractivity contribution in [1.82, 2.24) is 0 Å². The Hall–Kier alpha value is -0.800. The molecule has 2 nitrogen and oxygen atoms in total. The highest BCUT2D eigenvalue weighted by Crippen LogP contribution is 2.37. The monoisotopic (exact) mass is 187 g/mol. The Morgan fingerprint density at radius 1 is 1.58 bits per heavy atom. The SMILES string of the molecule is NC1COc2c(Cl)cc(F)cc21. The number of hydrogen-bond donors (Lipinski definition) is 1. The van der Waals surface area contributed by atoms with Gasteiger partial charge in [-0.25, -0.2) is 4.39 Å². The summed E-state index contributed by atoms with van der Waals surface area (Å²) in [7, 11) is 0. The van der Waals surface area contributed by atoms with Gasteiger partial charge >= 0.3 is 0 Å². The van der Waals surface area contributed by atoms with Crippen LogP contribution in [0.3, 0.4) is 0 Å². The molecule has 0 bridgehead atoms. The molecule has 64 valence electrons. The maximum Gasteiger partial charge on any atom is 0.143 e. The van der Waals surface area contributed by atoms with Gasteiger partial charge in [-0.05, 0) is 12.1 Å². The number of fused-ring (bicyclic) bond motifs is 1. The van der Waals surface area contributed by atoms with Crippen LogP contribution in [0.5, 0.6) is 5.75 Å². The van der Waals surface area contributed by atoms with E-state index in [2.05, 4.69) is 0 Å². The topological polar surface area (TPSA) is 35.2 Å². The zero-order chi connectivity index (χ0) is 8.72. The summed E-state index contributed by atoms with van der Waals surface area (Å²) >= 11 is 5.72. The van der Waals surface area contributed by atoms with Crippen LogP contribution in [0.4, 0.5) is 4.39 Å². The van der Waals surface area contributed by atoms with Crippen molar-refractivity contribution >= 4 is 11.6 Å². The summed E-state index contributed by atoms with van der Waals surface area (Å²) in [5, 5.41) is 0.290. The molecular formula is C8H7ClFNO. The van der Waals surface area contributed by atoms with E-state index in [9.17, 15) is 4.39 Å². The Morgan fingerprint density at radius 3 is 3.08 bits per heavy atom. The van der Waals surface area contributed by atoms with Crippen LogP contribution < -0.4 is 10.5 Å². The van der Waals surface area contributed by atoms with Crippen LogP contribution in [-0.4, -0.2) is 6.61 Å². The van der Waals surface area contributed by atoms with Gasteiger partial charge in [0.2, 0.25) is 0 Å². The van der Waals surface area contributed by atoms with Crippen molar-refractivity contribution in [2.45, 2.75) is 6.04 Å². The van der Waals surface area contributed by atoms with Crippen molar-refractivity contribution in [2.75, 3.05) is 6.61 Å². The van der Waals surface area contributed by atoms with Crippen molar-refractivity contribution < 1.29 is 9.13 Å². The summed E-state index contributed by atoms with van der Waals surface area (Å²) in [6.45, 7) is 0.374. The van der Waals surface area contributed by atoms with E-state index in [1.54, 1.807) is 0 Å². The number of nitrogens with two attached hydrogens (primary N) is 1. The standard InChI is InChI=1S/C8H7ClFNO/c9-6-2-4(10)1-5-7(11)3-12-8(5)6/h1-2,7H,3,11H2. The molecule has 0 fully saturated rings. The minimum absolute atomic E-state index is 0.256. The molecule has 12 heavy (non-hydrogen) atoms. The van der Waals surface area contributed by atoms with E-state index < -0.39 is 0 Å². The number of halogens is 2. The molecule has 0 radical (unpaired) electrons. The van der Waals surface area contributed by atoms with Crippen LogP contribution in [0.1, 0.15) is 11.6 Å². The lowest BCUT2D eigenvalue weighted by atomic mass is 10.1. The second kappa shape index (κ2) is 2.61. The third-order valence-corrected chi connectivity index (χ3v) is 2.12. The Balaban J connectivity index is 2.60. The van der Waals surface area contributed by atoms with Gasteiger partial charge in [0, 0.05) is 5.56 Å². The van der Waals surface area contributed by atoms with Crippen LogP contribution in [0.2, 0.25) is 5.02 Å². The molecule has 1 aliphatic heterocycles. The predicted octanol–water partition coefficient (Wildman–Crippen LogP) is 1.87. The van der Waals surface area contributed by atoms with Crippen molar-refractivity contribution in [2.24, 2.45) is 5.73 Å². The third kappa shape index (κ3) is 1.06. The summed E-state index contributed by atoms with van der Waals surface area (Å²) in [5.41, 5.74) is 6.29. The van der Waals surface area contributed by atoms with E-state index >= 15 is 0 Å². The highest BCUT2D eigenvalue weighted by Gasteiger charge is 2.23. The molecule has 0 spiro atoms. The van der Waals surface area contributed by atoms with Gasteiger partial charge in [0.15, 0.2) is 0 Å². The van der Waals surface area contributed by atoms with Crippen LogP contribution in [-0.2, 0) is 0 Å². The normalized spacial score (nSPS) is 20.4. The molecule has 2 rings (SSSR count). The van der Waals surface area contributed by atoms with Crippen molar-refractivity contribution in [3.8, 4) is 5.75 Å². The van der Waals surface area contributed by atoms with E-state index in [4.69, 9.17) is 22.1 Å². The maximum absolute atomic E-state index is 12.8. The van der Waals surface area contributed by atoms with E-state index in [1.165, 1.54) is 12.1 Å². The molecule has 1 aliphatic rings. The minimum atomic E-state index is -0.375. The summed E-state index contributed by atoms with van der Waals surface area (Å²) in [5.74, 6) is 0.144. The Morgan fingerprint density at radius 2 is 2.33 bits per heavy atom. The van der Waals surface area contributed by atoms with Crippen LogP contribution >= 0.6 is 11.6 Å². The lowest BCUT2D eigenvalue weighted by Crippen LogP contribution is -2.10. The zero-order valence-corrected chi connectivity index (χ0v) is 6.94. The first-order chi connectivity index (χ1) is 5.68. The third-order valence-electron chi connectivity index (χ3n) is 1.84. The van der Waals surface area contributed by atoms with Gasteiger partial charge in [-0.1, -0.05) is 11.6 Å². The Bertz CT molecular complexity index is 329. The fraction of sp³-hybridized carbons (Fsp3) is 0.250. The van der Waals surface area contributed by atoms with E-state index in [0.717, 1.165) is 0 Å². The molecule has 4 heteroatoms. The predicted molar refractivity (Wildman–Crippen MR) is 43.8 cm³/mol. The summed E-state index contributed by atoms with van der Waals surface area (Å²) in [4.78, 5) is 0. The lowest BCUT2D eigenvalue weighted by Gasteiger charge is -2.01. The molecule has 2 N–H and O–H groups in total. The molecular weight excluding hydrogens is 181 g/mol. The zero-order valence-electron chi connectivity index (χ0n) is 6.18. The smallest absolute Gasteiger partial charge is 0.143 e. The van der Waals surface area contributed by atoms with Gasteiger partial charge in [0.05, 0.1) is 11.1 Å². The first kappa shape index (κ1) is 7.83. The van der Waals surface area contributed by atoms with Crippen molar-refractivity contribution in [3.63, 3.8) is 0 Å². The van der Waals surface area contributed by atoms with E-state index in [-0.39, 0.29) is 16.9 Å². The second-order valence-corrected chi connectivity index (χ2v) is 3.13. The molecule has 1 unspecified atom stereocenters. The van der Waals surface area contributed by atoms with Crippen LogP contribution in [0.25, 0.3) is 0 Å². The first-order valence-electron chi connectivity index (χ1n) is 3.56. The number of rotatable bonds is 0. The summed E-state index contributed by atoms with van der Waals surface area (Å²) in [6, 6.07) is 2.32. The second-order valence-electron chi connectivity index (χ2n) is 2.72. The van der Waals surface area contributed by atoms with Gasteiger partial charge < -0.3 is 10.5 Å². The van der Waals surface area contributed by atoms with Gasteiger partial charge in [-0.3, -0.25) is 0 Å². The maximum atomic E-state index is 12.8.